The Labute approximate surface area is 119 Å². The van der Waals surface area contributed by atoms with Crippen LogP contribution >= 0.6 is 23.4 Å². The van der Waals surface area contributed by atoms with E-state index in [-0.39, 0.29) is 11.2 Å². The molecule has 1 aromatic carbocycles. The van der Waals surface area contributed by atoms with Crippen molar-refractivity contribution in [2.24, 2.45) is 0 Å². The minimum absolute atomic E-state index is 0.337. The van der Waals surface area contributed by atoms with Crippen molar-refractivity contribution in [3.63, 3.8) is 0 Å². The summed E-state index contributed by atoms with van der Waals surface area (Å²) in [6, 6.07) is 5.95. The Morgan fingerprint density at radius 2 is 1.67 bits per heavy atom. The number of thioether (sulfide) groups is 1. The van der Waals surface area contributed by atoms with Crippen molar-refractivity contribution in [3.05, 3.63) is 23.2 Å². The minimum atomic E-state index is -0.394. The molecule has 5 heteroatoms. The van der Waals surface area contributed by atoms with Gasteiger partial charge in [0.05, 0.1) is 16.2 Å². The molecule has 1 aliphatic rings. The van der Waals surface area contributed by atoms with Crippen LogP contribution in [-0.4, -0.2) is 24.6 Å². The van der Waals surface area contributed by atoms with Crippen molar-refractivity contribution in [1.82, 2.24) is 0 Å². The molecule has 0 aliphatic carbocycles. The largest absolute Gasteiger partial charge is 0.496 e. The van der Waals surface area contributed by atoms with Gasteiger partial charge in [-0.1, -0.05) is 23.7 Å². The molecule has 1 heterocycles. The third-order valence-corrected chi connectivity index (χ3v) is 5.03. The highest BCUT2D eigenvalue weighted by atomic mass is 35.5. The number of rotatable bonds is 2. The standard InChI is InChI=1S/C13H18BClO2S/c1-12(2)13(3,4)17-14(16-12)9-7-6-8-10(18-5)11(9)15/h6-8H,1-5H3. The minimum Gasteiger partial charge on any atom is -0.399 e. The van der Waals surface area contributed by atoms with Gasteiger partial charge in [0.25, 0.3) is 0 Å². The molecule has 0 bridgehead atoms. The lowest BCUT2D eigenvalue weighted by Gasteiger charge is -2.32. The summed E-state index contributed by atoms with van der Waals surface area (Å²) < 4.78 is 12.0. The summed E-state index contributed by atoms with van der Waals surface area (Å²) in [6.07, 6.45) is 2.01. The molecule has 0 amide bonds. The van der Waals surface area contributed by atoms with Crippen molar-refractivity contribution in [1.29, 1.82) is 0 Å². The Morgan fingerprint density at radius 1 is 1.11 bits per heavy atom. The molecule has 98 valence electrons. The van der Waals surface area contributed by atoms with Crippen LogP contribution in [0.15, 0.2) is 23.1 Å². The Kier molecular flexibility index (Phi) is 3.76. The van der Waals surface area contributed by atoms with Crippen molar-refractivity contribution in [2.45, 2.75) is 43.8 Å². The van der Waals surface area contributed by atoms with E-state index < -0.39 is 7.12 Å². The van der Waals surface area contributed by atoms with Gasteiger partial charge in [0.15, 0.2) is 0 Å². The van der Waals surface area contributed by atoms with E-state index >= 15 is 0 Å². The van der Waals surface area contributed by atoms with E-state index in [1.807, 2.05) is 52.1 Å². The van der Waals surface area contributed by atoms with Gasteiger partial charge in [0.1, 0.15) is 0 Å². The van der Waals surface area contributed by atoms with Crippen molar-refractivity contribution in [2.75, 3.05) is 6.26 Å². The molecule has 0 atom stereocenters. The highest BCUT2D eigenvalue weighted by Crippen LogP contribution is 2.37. The van der Waals surface area contributed by atoms with Crippen LogP contribution in [0.5, 0.6) is 0 Å². The highest BCUT2D eigenvalue weighted by Gasteiger charge is 2.52. The first-order valence-electron chi connectivity index (χ1n) is 5.96. The zero-order valence-corrected chi connectivity index (χ0v) is 13.0. The molecule has 0 N–H and O–H groups in total. The van der Waals surface area contributed by atoms with Crippen LogP contribution in [0.4, 0.5) is 0 Å². The fourth-order valence-electron chi connectivity index (χ4n) is 1.84. The van der Waals surface area contributed by atoms with Gasteiger partial charge in [-0.25, -0.2) is 0 Å². The molecule has 1 aromatic rings. The maximum absolute atomic E-state index is 6.39. The molecule has 1 fully saturated rings. The summed E-state index contributed by atoms with van der Waals surface area (Å²) >= 11 is 8.02. The maximum atomic E-state index is 6.39. The van der Waals surface area contributed by atoms with E-state index in [4.69, 9.17) is 20.9 Å². The van der Waals surface area contributed by atoms with E-state index in [0.717, 1.165) is 15.4 Å². The summed E-state index contributed by atoms with van der Waals surface area (Å²) in [7, 11) is -0.394. The highest BCUT2D eigenvalue weighted by molar-refractivity contribution is 7.98. The quantitative estimate of drug-likeness (QED) is 0.613. The first-order valence-corrected chi connectivity index (χ1v) is 7.57. The van der Waals surface area contributed by atoms with E-state index in [1.54, 1.807) is 11.8 Å². The smallest absolute Gasteiger partial charge is 0.399 e. The van der Waals surface area contributed by atoms with Crippen molar-refractivity contribution >= 4 is 35.9 Å². The molecule has 1 aliphatic heterocycles. The Bertz CT molecular complexity index is 446. The molecule has 0 spiro atoms. The molecular formula is C13H18BClO2S. The van der Waals surface area contributed by atoms with Gasteiger partial charge in [-0.3, -0.25) is 0 Å². The zero-order valence-electron chi connectivity index (χ0n) is 11.4. The molecule has 2 nitrogen and oxygen atoms in total. The third-order valence-electron chi connectivity index (χ3n) is 3.72. The topological polar surface area (TPSA) is 18.5 Å². The van der Waals surface area contributed by atoms with Crippen molar-refractivity contribution in [3.8, 4) is 0 Å². The van der Waals surface area contributed by atoms with Gasteiger partial charge in [0.2, 0.25) is 0 Å². The maximum Gasteiger partial charge on any atom is 0.496 e. The van der Waals surface area contributed by atoms with E-state index in [0.29, 0.717) is 0 Å². The van der Waals surface area contributed by atoms with Crippen LogP contribution in [0.1, 0.15) is 27.7 Å². The second kappa shape index (κ2) is 4.75. The van der Waals surface area contributed by atoms with Gasteiger partial charge >= 0.3 is 7.12 Å². The second-order valence-corrected chi connectivity index (χ2v) is 6.68. The van der Waals surface area contributed by atoms with Gasteiger partial charge in [-0.2, -0.15) is 0 Å². The van der Waals surface area contributed by atoms with Crippen LogP contribution in [0, 0.1) is 0 Å². The van der Waals surface area contributed by atoms with Crippen LogP contribution < -0.4 is 5.46 Å². The summed E-state index contributed by atoms with van der Waals surface area (Å²) in [5.41, 5.74) is 0.231. The van der Waals surface area contributed by atoms with E-state index in [2.05, 4.69) is 0 Å². The third kappa shape index (κ3) is 2.31. The van der Waals surface area contributed by atoms with E-state index in [9.17, 15) is 0 Å². The van der Waals surface area contributed by atoms with Crippen LogP contribution in [0.25, 0.3) is 0 Å². The molecule has 0 radical (unpaired) electrons. The Morgan fingerprint density at radius 3 is 2.17 bits per heavy atom. The first kappa shape index (κ1) is 14.3. The molecular weight excluding hydrogens is 266 g/mol. The number of halogens is 1. The van der Waals surface area contributed by atoms with Crippen LogP contribution in [0.3, 0.4) is 0 Å². The first-order chi connectivity index (χ1) is 8.28. The lowest BCUT2D eigenvalue weighted by molar-refractivity contribution is 0.00578. The molecule has 2 rings (SSSR count). The van der Waals surface area contributed by atoms with Gasteiger partial charge < -0.3 is 9.31 Å². The molecule has 1 saturated heterocycles. The molecule has 0 unspecified atom stereocenters. The lowest BCUT2D eigenvalue weighted by Crippen LogP contribution is -2.41. The van der Waals surface area contributed by atoms with Crippen LogP contribution in [-0.2, 0) is 9.31 Å². The second-order valence-electron chi connectivity index (χ2n) is 5.45. The number of hydrogen-bond donors (Lipinski definition) is 0. The SMILES string of the molecule is CSc1cccc(B2OC(C)(C)C(C)(C)O2)c1Cl. The Balaban J connectivity index is 2.35. The van der Waals surface area contributed by atoms with Gasteiger partial charge in [-0.05, 0) is 40.0 Å². The van der Waals surface area contributed by atoms with Crippen molar-refractivity contribution < 1.29 is 9.31 Å². The predicted octanol–water partition coefficient (Wildman–Crippen LogP) is 3.36. The number of hydrogen-bond acceptors (Lipinski definition) is 3. The van der Waals surface area contributed by atoms with E-state index in [1.165, 1.54) is 0 Å². The predicted molar refractivity (Wildman–Crippen MR) is 78.9 cm³/mol. The summed E-state index contributed by atoms with van der Waals surface area (Å²) in [6.45, 7) is 8.16. The summed E-state index contributed by atoms with van der Waals surface area (Å²) in [5.74, 6) is 0. The number of benzene rings is 1. The van der Waals surface area contributed by atoms with Crippen LogP contribution in [0.2, 0.25) is 5.02 Å². The summed E-state index contributed by atoms with van der Waals surface area (Å²) in [5, 5.41) is 0.725. The lowest BCUT2D eigenvalue weighted by atomic mass is 9.79. The van der Waals surface area contributed by atoms with Gasteiger partial charge in [0, 0.05) is 10.4 Å². The molecule has 0 saturated carbocycles. The average molecular weight is 285 g/mol. The van der Waals surface area contributed by atoms with Gasteiger partial charge in [-0.15, -0.1) is 11.8 Å². The zero-order chi connectivity index (χ0) is 13.6. The summed E-state index contributed by atoms with van der Waals surface area (Å²) in [4.78, 5) is 1.05. The fourth-order valence-corrected chi connectivity index (χ4v) is 2.80. The normalized spacial score (nSPS) is 21.3. The fraction of sp³-hybridized carbons (Fsp3) is 0.538. The Hall–Kier alpha value is -0.155. The average Bonchev–Trinajstić information content (AvgIpc) is 2.48. The monoisotopic (exact) mass is 284 g/mol. The molecule has 0 aromatic heterocycles. The molecule has 18 heavy (non-hydrogen) atoms.